The van der Waals surface area contributed by atoms with Gasteiger partial charge in [-0.2, -0.15) is 0 Å². The fourth-order valence-electron chi connectivity index (χ4n) is 2.57. The molecule has 140 valence electrons. The van der Waals surface area contributed by atoms with Gasteiger partial charge in [0, 0.05) is 37.3 Å². The quantitative estimate of drug-likeness (QED) is 0.697. The van der Waals surface area contributed by atoms with E-state index in [2.05, 4.69) is 15.2 Å². The molecule has 0 spiro atoms. The molecule has 3 rings (SSSR count). The lowest BCUT2D eigenvalue weighted by Gasteiger charge is -2.26. The van der Waals surface area contributed by atoms with Crippen LogP contribution in [0.5, 0.6) is 0 Å². The molecule has 1 aliphatic heterocycles. The van der Waals surface area contributed by atoms with Gasteiger partial charge in [-0.15, -0.1) is 11.3 Å². The maximum Gasteiger partial charge on any atom is 0.226 e. The van der Waals surface area contributed by atoms with Crippen LogP contribution in [0.1, 0.15) is 11.3 Å². The second kappa shape index (κ2) is 10.0. The van der Waals surface area contributed by atoms with Gasteiger partial charge in [-0.05, 0) is 17.7 Å². The first-order valence-corrected chi connectivity index (χ1v) is 10.4. The maximum absolute atomic E-state index is 12.9. The van der Waals surface area contributed by atoms with Gasteiger partial charge in [0.15, 0.2) is 0 Å². The Morgan fingerprint density at radius 3 is 2.85 bits per heavy atom. The fourth-order valence-corrected chi connectivity index (χ4v) is 4.37. The van der Waals surface area contributed by atoms with Crippen LogP contribution >= 0.6 is 23.1 Å². The summed E-state index contributed by atoms with van der Waals surface area (Å²) in [6.07, 6.45) is 0.302. The number of benzene rings is 1. The van der Waals surface area contributed by atoms with E-state index in [1.54, 1.807) is 23.9 Å². The number of thioether (sulfide) groups is 1. The molecule has 1 aromatic carbocycles. The number of hydrogen-bond donors (Lipinski definition) is 1. The SMILES string of the molecule is O=C(Cc1csc(SCc2ccc(F)cc2)n1)NCCN1CCOCC1. The molecule has 0 aliphatic carbocycles. The van der Waals surface area contributed by atoms with Crippen molar-refractivity contribution in [2.24, 2.45) is 0 Å². The predicted molar refractivity (Wildman–Crippen MR) is 102 cm³/mol. The zero-order valence-corrected chi connectivity index (χ0v) is 16.1. The minimum absolute atomic E-state index is 0.00126. The van der Waals surface area contributed by atoms with Gasteiger partial charge in [-0.25, -0.2) is 9.37 Å². The first-order chi connectivity index (χ1) is 12.7. The number of nitrogens with one attached hydrogen (secondary N) is 1. The second-order valence-corrected chi connectivity index (χ2v) is 8.08. The van der Waals surface area contributed by atoms with E-state index in [1.165, 1.54) is 23.5 Å². The summed E-state index contributed by atoms with van der Waals surface area (Å²) in [6, 6.07) is 6.48. The lowest BCUT2D eigenvalue weighted by molar-refractivity contribution is -0.120. The van der Waals surface area contributed by atoms with Crippen LogP contribution in [0.3, 0.4) is 0 Å². The van der Waals surface area contributed by atoms with Gasteiger partial charge < -0.3 is 10.1 Å². The van der Waals surface area contributed by atoms with Crippen molar-refractivity contribution in [1.29, 1.82) is 0 Å². The summed E-state index contributed by atoms with van der Waals surface area (Å²) in [5.74, 6) is 0.507. The normalized spacial score (nSPS) is 15.1. The van der Waals surface area contributed by atoms with Crippen molar-refractivity contribution in [1.82, 2.24) is 15.2 Å². The van der Waals surface area contributed by atoms with Crippen molar-refractivity contribution in [3.05, 3.63) is 46.7 Å². The lowest BCUT2D eigenvalue weighted by atomic mass is 10.2. The number of halogens is 1. The van der Waals surface area contributed by atoms with E-state index in [9.17, 15) is 9.18 Å². The summed E-state index contributed by atoms with van der Waals surface area (Å²) in [4.78, 5) is 18.8. The van der Waals surface area contributed by atoms with E-state index < -0.39 is 0 Å². The standard InChI is InChI=1S/C18H22FN3O2S2/c19-15-3-1-14(2-4-15)12-25-18-21-16(13-26-18)11-17(23)20-5-6-22-7-9-24-10-8-22/h1-4,13H,5-12H2,(H,20,23). The number of thiazole rings is 1. The number of hydrogen-bond acceptors (Lipinski definition) is 6. The van der Waals surface area contributed by atoms with Gasteiger partial charge in [0.2, 0.25) is 5.91 Å². The van der Waals surface area contributed by atoms with Gasteiger partial charge in [0.1, 0.15) is 10.2 Å². The molecular formula is C18H22FN3O2S2. The highest BCUT2D eigenvalue weighted by atomic mass is 32.2. The highest BCUT2D eigenvalue weighted by molar-refractivity contribution is 8.00. The number of carbonyl (C=O) groups excluding carboxylic acids is 1. The number of rotatable bonds is 8. The molecule has 0 saturated carbocycles. The molecular weight excluding hydrogens is 373 g/mol. The minimum atomic E-state index is -0.227. The Hall–Kier alpha value is -1.48. The number of ether oxygens (including phenoxy) is 1. The van der Waals surface area contributed by atoms with Crippen LogP contribution in [0, 0.1) is 5.82 Å². The van der Waals surface area contributed by atoms with Crippen molar-refractivity contribution in [3.63, 3.8) is 0 Å². The van der Waals surface area contributed by atoms with Crippen LogP contribution in [0.15, 0.2) is 34.0 Å². The molecule has 0 atom stereocenters. The molecule has 1 fully saturated rings. The van der Waals surface area contributed by atoms with Gasteiger partial charge in [0.25, 0.3) is 0 Å². The Kier molecular flexibility index (Phi) is 7.43. The Bertz CT molecular complexity index is 703. The molecule has 0 radical (unpaired) electrons. The van der Waals surface area contributed by atoms with E-state index in [4.69, 9.17) is 4.74 Å². The Balaban J connectivity index is 1.37. The zero-order valence-electron chi connectivity index (χ0n) is 14.4. The van der Waals surface area contributed by atoms with Gasteiger partial charge in [-0.3, -0.25) is 9.69 Å². The predicted octanol–water partition coefficient (Wildman–Crippen LogP) is 2.57. The molecule has 0 unspecified atom stereocenters. The summed E-state index contributed by atoms with van der Waals surface area (Å²) in [5.41, 5.74) is 1.84. The average Bonchev–Trinajstić information content (AvgIpc) is 3.09. The van der Waals surface area contributed by atoms with E-state index in [0.29, 0.717) is 13.0 Å². The molecule has 1 N–H and O–H groups in total. The molecule has 1 saturated heterocycles. The van der Waals surface area contributed by atoms with Crippen LogP contribution in [-0.2, 0) is 21.7 Å². The van der Waals surface area contributed by atoms with Gasteiger partial charge >= 0.3 is 0 Å². The summed E-state index contributed by atoms with van der Waals surface area (Å²) in [5, 5.41) is 4.88. The molecule has 2 aromatic rings. The van der Waals surface area contributed by atoms with Crippen molar-refractivity contribution in [3.8, 4) is 0 Å². The molecule has 0 bridgehead atoms. The molecule has 5 nitrogen and oxygen atoms in total. The van der Waals surface area contributed by atoms with Crippen molar-refractivity contribution in [2.45, 2.75) is 16.5 Å². The number of carbonyl (C=O) groups is 1. The lowest BCUT2D eigenvalue weighted by Crippen LogP contribution is -2.41. The van der Waals surface area contributed by atoms with Crippen molar-refractivity contribution < 1.29 is 13.9 Å². The smallest absolute Gasteiger partial charge is 0.226 e. The van der Waals surface area contributed by atoms with Crippen molar-refractivity contribution >= 4 is 29.0 Å². The number of amides is 1. The fraction of sp³-hybridized carbons (Fsp3) is 0.444. The molecule has 8 heteroatoms. The van der Waals surface area contributed by atoms with Crippen LogP contribution in [-0.4, -0.2) is 55.2 Å². The van der Waals surface area contributed by atoms with Crippen molar-refractivity contribution in [2.75, 3.05) is 39.4 Å². The van der Waals surface area contributed by atoms with Crippen LogP contribution < -0.4 is 5.32 Å². The van der Waals surface area contributed by atoms with E-state index in [0.717, 1.165) is 54.2 Å². The third-order valence-electron chi connectivity index (χ3n) is 4.00. The maximum atomic E-state index is 12.9. The van der Waals surface area contributed by atoms with Crippen LogP contribution in [0.4, 0.5) is 4.39 Å². The second-order valence-electron chi connectivity index (χ2n) is 6.00. The number of nitrogens with zero attached hydrogens (tertiary/aromatic N) is 2. The van der Waals surface area contributed by atoms with Crippen LogP contribution in [0.25, 0.3) is 0 Å². The third-order valence-corrected chi connectivity index (χ3v) is 6.14. The van der Waals surface area contributed by atoms with E-state index in [1.807, 2.05) is 5.38 Å². The number of aromatic nitrogens is 1. The molecule has 1 aliphatic rings. The third kappa shape index (κ3) is 6.35. The highest BCUT2D eigenvalue weighted by Crippen LogP contribution is 2.26. The minimum Gasteiger partial charge on any atom is -0.379 e. The Morgan fingerprint density at radius 1 is 1.31 bits per heavy atom. The van der Waals surface area contributed by atoms with Gasteiger partial charge in [0.05, 0.1) is 25.3 Å². The summed E-state index contributed by atoms with van der Waals surface area (Å²) < 4.78 is 19.1. The zero-order chi connectivity index (χ0) is 18.2. The highest BCUT2D eigenvalue weighted by Gasteiger charge is 2.11. The summed E-state index contributed by atoms with van der Waals surface area (Å²) >= 11 is 3.13. The monoisotopic (exact) mass is 395 g/mol. The topological polar surface area (TPSA) is 54.5 Å². The van der Waals surface area contributed by atoms with Gasteiger partial charge in [-0.1, -0.05) is 23.9 Å². The average molecular weight is 396 g/mol. The molecule has 1 aromatic heterocycles. The van der Waals surface area contributed by atoms with E-state index >= 15 is 0 Å². The molecule has 2 heterocycles. The first kappa shape index (κ1) is 19.3. The largest absolute Gasteiger partial charge is 0.379 e. The van der Waals surface area contributed by atoms with Crippen LogP contribution in [0.2, 0.25) is 0 Å². The van der Waals surface area contributed by atoms with E-state index in [-0.39, 0.29) is 11.7 Å². The Labute approximate surface area is 161 Å². The molecule has 1 amide bonds. The summed E-state index contributed by atoms with van der Waals surface area (Å²) in [6.45, 7) is 4.89. The number of morpholine rings is 1. The molecule has 26 heavy (non-hydrogen) atoms. The first-order valence-electron chi connectivity index (χ1n) is 8.57. The summed E-state index contributed by atoms with van der Waals surface area (Å²) in [7, 11) is 0. The Morgan fingerprint density at radius 2 is 2.08 bits per heavy atom.